The number of nitrogens with one attached hydrogen (secondary N) is 1. The average Bonchev–Trinajstić information content (AvgIpc) is 3.59. The van der Waals surface area contributed by atoms with E-state index in [1.807, 2.05) is 59.3 Å². The molecule has 8 nitrogen and oxygen atoms in total. The van der Waals surface area contributed by atoms with Crippen LogP contribution in [0.5, 0.6) is 0 Å². The normalized spacial score (nSPS) is 12.8. The van der Waals surface area contributed by atoms with Crippen LogP contribution in [0, 0.1) is 0 Å². The maximum absolute atomic E-state index is 13.9. The van der Waals surface area contributed by atoms with E-state index in [0.717, 1.165) is 16.9 Å². The Kier molecular flexibility index (Phi) is 12.0. The van der Waals surface area contributed by atoms with Crippen LogP contribution in [0.3, 0.4) is 0 Å². The minimum absolute atomic E-state index is 0.175. The molecule has 40 heavy (non-hydrogen) atoms. The molecular formula is C30H39N3O5S2. The van der Waals surface area contributed by atoms with Crippen molar-refractivity contribution in [3.8, 4) is 0 Å². The minimum atomic E-state index is -0.837. The summed E-state index contributed by atoms with van der Waals surface area (Å²) in [5.74, 6) is -0.175. The summed E-state index contributed by atoms with van der Waals surface area (Å²) in [5.41, 5.74) is 5.65. The fraction of sp³-hybridized carbons (Fsp3) is 0.433. The molecule has 216 valence electrons. The summed E-state index contributed by atoms with van der Waals surface area (Å²) in [6, 6.07) is 16.9. The molecular weight excluding hydrogens is 546 g/mol. The number of alkyl carbamates (subject to hydrolysis) is 1. The molecule has 0 aliphatic rings. The lowest BCUT2D eigenvalue weighted by atomic mass is 10.0. The number of thiophene rings is 2. The number of carbonyl (C=O) groups excluding carboxylic acids is 3. The van der Waals surface area contributed by atoms with Crippen LogP contribution in [-0.4, -0.2) is 47.3 Å². The topological polar surface area (TPSA) is 111 Å². The van der Waals surface area contributed by atoms with Gasteiger partial charge in [0, 0.05) is 22.7 Å². The molecule has 0 aliphatic carbocycles. The quantitative estimate of drug-likeness (QED) is 0.236. The van der Waals surface area contributed by atoms with E-state index in [4.69, 9.17) is 15.2 Å². The molecule has 3 rings (SSSR count). The molecule has 0 saturated heterocycles. The monoisotopic (exact) mass is 585 g/mol. The zero-order valence-corrected chi connectivity index (χ0v) is 25.0. The first-order chi connectivity index (χ1) is 19.1. The van der Waals surface area contributed by atoms with Gasteiger partial charge >= 0.3 is 12.2 Å². The summed E-state index contributed by atoms with van der Waals surface area (Å²) < 4.78 is 10.9. The van der Waals surface area contributed by atoms with E-state index in [1.54, 1.807) is 48.3 Å². The predicted octanol–water partition coefficient (Wildman–Crippen LogP) is 6.15. The molecule has 2 atom stereocenters. The van der Waals surface area contributed by atoms with E-state index in [-0.39, 0.29) is 5.91 Å². The van der Waals surface area contributed by atoms with E-state index in [0.29, 0.717) is 38.8 Å². The minimum Gasteiger partial charge on any atom is -0.446 e. The summed E-state index contributed by atoms with van der Waals surface area (Å²) in [5, 5.41) is 6.82. The first-order valence-electron chi connectivity index (χ1n) is 13.4. The largest absolute Gasteiger partial charge is 0.446 e. The van der Waals surface area contributed by atoms with Gasteiger partial charge in [0.05, 0.1) is 6.54 Å². The predicted molar refractivity (Wildman–Crippen MR) is 159 cm³/mol. The van der Waals surface area contributed by atoms with E-state index in [2.05, 4.69) is 11.4 Å². The highest BCUT2D eigenvalue weighted by Gasteiger charge is 2.29. The van der Waals surface area contributed by atoms with E-state index >= 15 is 0 Å². The third kappa shape index (κ3) is 11.4. The summed E-state index contributed by atoms with van der Waals surface area (Å²) in [4.78, 5) is 42.3. The van der Waals surface area contributed by atoms with Crippen molar-refractivity contribution in [2.45, 2.75) is 77.2 Å². The number of hydrogen-bond donors (Lipinski definition) is 2. The van der Waals surface area contributed by atoms with Gasteiger partial charge in [-0.05, 0) is 74.9 Å². The van der Waals surface area contributed by atoms with E-state index < -0.39 is 29.9 Å². The van der Waals surface area contributed by atoms with Gasteiger partial charge in [-0.3, -0.25) is 4.79 Å². The Hall–Kier alpha value is -3.37. The zero-order chi connectivity index (χ0) is 29.0. The van der Waals surface area contributed by atoms with Gasteiger partial charge in [-0.25, -0.2) is 9.59 Å². The number of nitrogens with zero attached hydrogens (tertiary/aromatic N) is 1. The van der Waals surface area contributed by atoms with Crippen molar-refractivity contribution in [2.24, 2.45) is 5.73 Å². The third-order valence-electron chi connectivity index (χ3n) is 6.04. The van der Waals surface area contributed by atoms with E-state index in [9.17, 15) is 14.4 Å². The molecule has 3 amide bonds. The van der Waals surface area contributed by atoms with Crippen LogP contribution in [0.2, 0.25) is 0 Å². The lowest BCUT2D eigenvalue weighted by Crippen LogP contribution is -2.50. The second-order valence-corrected chi connectivity index (χ2v) is 12.6. The third-order valence-corrected chi connectivity index (χ3v) is 7.84. The number of amides is 3. The highest BCUT2D eigenvalue weighted by atomic mass is 32.1. The molecule has 0 spiro atoms. The molecule has 2 heterocycles. The Labute approximate surface area is 244 Å². The number of hydrogen-bond acceptors (Lipinski definition) is 7. The van der Waals surface area contributed by atoms with Crippen LogP contribution in [0.4, 0.5) is 9.59 Å². The number of nitrogens with two attached hydrogens (primary N) is 1. The van der Waals surface area contributed by atoms with Crippen LogP contribution in [0.25, 0.3) is 0 Å². The lowest BCUT2D eigenvalue weighted by molar-refractivity contribution is -0.134. The standard InChI is InChI=1S/C30H39N3O5S2/c1-30(2,3)38-29(36)32-26(15-7-12-23(37-28(31)35)20-22-10-5-4-6-11-22)27(34)33(21-25-14-9-19-40-25)17-16-24-13-8-18-39-24/h4-6,8-11,13-14,18-19,23,26H,7,12,15-17,20-21H2,1-3H3,(H2,31,35)(H,32,36)/t23?,26-/m0/s1. The maximum Gasteiger partial charge on any atom is 0.408 e. The van der Waals surface area contributed by atoms with Crippen molar-refractivity contribution in [1.82, 2.24) is 10.2 Å². The number of ether oxygens (including phenoxy) is 2. The number of primary amides is 1. The second-order valence-electron chi connectivity index (χ2n) is 10.5. The maximum atomic E-state index is 13.9. The number of benzene rings is 1. The van der Waals surface area contributed by atoms with Gasteiger partial charge in [0.2, 0.25) is 5.91 Å². The first-order valence-corrected chi connectivity index (χ1v) is 15.2. The number of carbonyl (C=O) groups is 3. The van der Waals surface area contributed by atoms with Gasteiger partial charge in [0.15, 0.2) is 0 Å². The molecule has 0 radical (unpaired) electrons. The highest BCUT2D eigenvalue weighted by molar-refractivity contribution is 7.10. The van der Waals surface area contributed by atoms with E-state index in [1.165, 1.54) is 4.88 Å². The van der Waals surface area contributed by atoms with Crippen LogP contribution in [0.15, 0.2) is 65.4 Å². The fourth-order valence-electron chi connectivity index (χ4n) is 4.28. The Balaban J connectivity index is 1.73. The van der Waals surface area contributed by atoms with Crippen molar-refractivity contribution < 1.29 is 23.9 Å². The molecule has 3 aromatic rings. The molecule has 1 unspecified atom stereocenters. The Morgan fingerprint density at radius 2 is 1.62 bits per heavy atom. The van der Waals surface area contributed by atoms with Crippen molar-refractivity contribution in [3.05, 3.63) is 80.7 Å². The SMILES string of the molecule is CC(C)(C)OC(=O)N[C@@H](CCCC(Cc1ccccc1)OC(N)=O)C(=O)N(CCc1cccs1)Cc1cccs1. The van der Waals surface area contributed by atoms with Gasteiger partial charge in [0.25, 0.3) is 0 Å². The molecule has 0 bridgehead atoms. The van der Waals surface area contributed by atoms with Crippen molar-refractivity contribution in [1.29, 1.82) is 0 Å². The Bertz CT molecular complexity index is 1180. The van der Waals surface area contributed by atoms with Crippen molar-refractivity contribution in [3.63, 3.8) is 0 Å². The molecule has 1 aromatic carbocycles. The van der Waals surface area contributed by atoms with Gasteiger partial charge in [0.1, 0.15) is 17.7 Å². The van der Waals surface area contributed by atoms with Crippen LogP contribution in [-0.2, 0) is 33.7 Å². The molecule has 0 fully saturated rings. The molecule has 0 saturated carbocycles. The second kappa shape index (κ2) is 15.4. The van der Waals surface area contributed by atoms with Crippen molar-refractivity contribution in [2.75, 3.05) is 6.54 Å². The fourth-order valence-corrected chi connectivity index (χ4v) is 5.70. The summed E-state index contributed by atoms with van der Waals surface area (Å²) in [6.07, 6.45) is 0.661. The molecule has 10 heteroatoms. The molecule has 2 aromatic heterocycles. The van der Waals surface area contributed by atoms with Crippen LogP contribution < -0.4 is 11.1 Å². The van der Waals surface area contributed by atoms with Crippen LogP contribution >= 0.6 is 22.7 Å². The smallest absolute Gasteiger partial charge is 0.408 e. The van der Waals surface area contributed by atoms with Crippen molar-refractivity contribution >= 4 is 40.8 Å². The highest BCUT2D eigenvalue weighted by Crippen LogP contribution is 2.19. The summed E-state index contributed by atoms with van der Waals surface area (Å²) in [6.45, 7) is 6.32. The van der Waals surface area contributed by atoms with Gasteiger partial charge in [-0.1, -0.05) is 42.5 Å². The molecule has 3 N–H and O–H groups in total. The van der Waals surface area contributed by atoms with Crippen LogP contribution in [0.1, 0.15) is 55.4 Å². The lowest BCUT2D eigenvalue weighted by Gasteiger charge is -2.29. The first kappa shape index (κ1) is 31.2. The van der Waals surface area contributed by atoms with Gasteiger partial charge in [-0.2, -0.15) is 0 Å². The summed E-state index contributed by atoms with van der Waals surface area (Å²) >= 11 is 3.25. The Morgan fingerprint density at radius 1 is 0.950 bits per heavy atom. The Morgan fingerprint density at radius 3 is 2.23 bits per heavy atom. The zero-order valence-electron chi connectivity index (χ0n) is 23.3. The van der Waals surface area contributed by atoms with Gasteiger partial charge < -0.3 is 25.4 Å². The summed E-state index contributed by atoms with van der Waals surface area (Å²) in [7, 11) is 0. The molecule has 0 aliphatic heterocycles. The van der Waals surface area contributed by atoms with Gasteiger partial charge in [-0.15, -0.1) is 22.7 Å². The average molecular weight is 586 g/mol. The number of rotatable bonds is 14.